The molecule has 1 aromatic rings. The second-order valence-corrected chi connectivity index (χ2v) is 3.21. The third-order valence-electron chi connectivity index (χ3n) is 1.43. The van der Waals surface area contributed by atoms with Gasteiger partial charge in [0, 0.05) is 0 Å². The Kier molecular flexibility index (Phi) is 3.43. The van der Waals surface area contributed by atoms with Gasteiger partial charge in [0.2, 0.25) is 0 Å². The number of aromatic nitrogens is 1. The van der Waals surface area contributed by atoms with Gasteiger partial charge in [0.05, 0.1) is 5.56 Å². The van der Waals surface area contributed by atoms with Crippen LogP contribution in [-0.2, 0) is 4.79 Å². The number of hydrogen-bond acceptors (Lipinski definition) is 3. The first-order chi connectivity index (χ1) is 6.50. The molecule has 0 fully saturated rings. The van der Waals surface area contributed by atoms with Crippen LogP contribution < -0.4 is 0 Å². The summed E-state index contributed by atoms with van der Waals surface area (Å²) in [5, 5.41) is 8.45. The Labute approximate surface area is 89.5 Å². The number of carbonyl (C=O) groups is 2. The smallest absolute Gasteiger partial charge is 0.311 e. The number of ketones is 1. The number of pyridine rings is 1. The summed E-state index contributed by atoms with van der Waals surface area (Å²) in [4.78, 5) is 25.1. The van der Waals surface area contributed by atoms with Crippen molar-refractivity contribution in [2.75, 3.05) is 0 Å². The Hall–Kier alpha value is -1.13. The van der Waals surface area contributed by atoms with Crippen LogP contribution in [0.3, 0.4) is 0 Å². The number of carboxylic acids is 1. The molecule has 0 radical (unpaired) electrons. The number of Topliss-reactive ketones (excluding diaryl/α,β-unsaturated/α-hetero) is 1. The van der Waals surface area contributed by atoms with Crippen LogP contribution in [-0.4, -0.2) is 21.8 Å². The Balaban J connectivity index is 2.96. The van der Waals surface area contributed by atoms with Gasteiger partial charge in [0.25, 0.3) is 0 Å². The SMILES string of the molecule is O=C(O)CC(=O)c1ccc(Cl)nc1Cl. The lowest BCUT2D eigenvalue weighted by molar-refractivity contribution is -0.135. The van der Waals surface area contributed by atoms with Crippen LogP contribution in [0, 0.1) is 0 Å². The minimum Gasteiger partial charge on any atom is -0.481 e. The summed E-state index contributed by atoms with van der Waals surface area (Å²) >= 11 is 11.1. The van der Waals surface area contributed by atoms with Gasteiger partial charge in [-0.3, -0.25) is 9.59 Å². The maximum atomic E-state index is 11.2. The molecule has 1 heterocycles. The molecule has 4 nitrogen and oxygen atoms in total. The van der Waals surface area contributed by atoms with Gasteiger partial charge in [-0.2, -0.15) is 0 Å². The quantitative estimate of drug-likeness (QED) is 0.493. The molecule has 0 unspecified atom stereocenters. The van der Waals surface area contributed by atoms with Crippen molar-refractivity contribution in [3.05, 3.63) is 28.0 Å². The monoisotopic (exact) mass is 233 g/mol. The molecule has 0 spiro atoms. The predicted molar refractivity (Wildman–Crippen MR) is 50.8 cm³/mol. The largest absolute Gasteiger partial charge is 0.481 e. The number of hydrogen-bond donors (Lipinski definition) is 1. The summed E-state index contributed by atoms with van der Waals surface area (Å²) in [5.74, 6) is -1.80. The fourth-order valence-electron chi connectivity index (χ4n) is 0.853. The highest BCUT2D eigenvalue weighted by Crippen LogP contribution is 2.17. The van der Waals surface area contributed by atoms with Crippen LogP contribution in [0.2, 0.25) is 10.3 Å². The number of halogens is 2. The first-order valence-corrected chi connectivity index (χ1v) is 4.33. The zero-order chi connectivity index (χ0) is 10.7. The molecule has 0 bridgehead atoms. The number of rotatable bonds is 3. The van der Waals surface area contributed by atoms with E-state index in [9.17, 15) is 9.59 Å². The number of nitrogens with zero attached hydrogens (tertiary/aromatic N) is 1. The number of carbonyl (C=O) groups excluding carboxylic acids is 1. The summed E-state index contributed by atoms with van der Waals surface area (Å²) in [6, 6.07) is 2.73. The Morgan fingerprint density at radius 2 is 2.00 bits per heavy atom. The minimum atomic E-state index is -1.21. The van der Waals surface area contributed by atoms with E-state index in [0.29, 0.717) is 0 Å². The topological polar surface area (TPSA) is 67.3 Å². The molecular weight excluding hydrogens is 229 g/mol. The predicted octanol–water partition coefficient (Wildman–Crippen LogP) is 2.05. The van der Waals surface area contributed by atoms with Crippen molar-refractivity contribution in [3.63, 3.8) is 0 Å². The van der Waals surface area contributed by atoms with Crippen LogP contribution >= 0.6 is 23.2 Å². The normalized spacial score (nSPS) is 9.86. The van der Waals surface area contributed by atoms with Crippen molar-refractivity contribution in [2.45, 2.75) is 6.42 Å². The van der Waals surface area contributed by atoms with E-state index in [1.54, 1.807) is 0 Å². The van der Waals surface area contributed by atoms with Gasteiger partial charge in [0.1, 0.15) is 16.7 Å². The van der Waals surface area contributed by atoms with Crippen molar-refractivity contribution in [2.24, 2.45) is 0 Å². The molecule has 0 aliphatic rings. The zero-order valence-corrected chi connectivity index (χ0v) is 8.34. The van der Waals surface area contributed by atoms with E-state index in [1.165, 1.54) is 12.1 Å². The minimum absolute atomic E-state index is 0.0680. The highest BCUT2D eigenvalue weighted by atomic mass is 35.5. The molecule has 74 valence electrons. The van der Waals surface area contributed by atoms with E-state index < -0.39 is 18.2 Å². The number of carboxylic acid groups (broad SMARTS) is 1. The average Bonchev–Trinajstić information content (AvgIpc) is 2.01. The lowest BCUT2D eigenvalue weighted by atomic mass is 10.1. The average molecular weight is 234 g/mol. The molecule has 1 aromatic heterocycles. The van der Waals surface area contributed by atoms with Gasteiger partial charge in [0.15, 0.2) is 5.78 Å². The van der Waals surface area contributed by atoms with Crippen molar-refractivity contribution in [1.29, 1.82) is 0 Å². The van der Waals surface area contributed by atoms with Gasteiger partial charge in [-0.05, 0) is 12.1 Å². The molecule has 14 heavy (non-hydrogen) atoms. The van der Waals surface area contributed by atoms with E-state index in [2.05, 4.69) is 4.98 Å². The van der Waals surface area contributed by atoms with E-state index in [0.717, 1.165) is 0 Å². The van der Waals surface area contributed by atoms with E-state index >= 15 is 0 Å². The molecule has 0 aliphatic heterocycles. The van der Waals surface area contributed by atoms with Crippen molar-refractivity contribution < 1.29 is 14.7 Å². The Morgan fingerprint density at radius 3 is 2.50 bits per heavy atom. The molecule has 0 amide bonds. The van der Waals surface area contributed by atoms with Crippen molar-refractivity contribution in [3.8, 4) is 0 Å². The Morgan fingerprint density at radius 1 is 1.36 bits per heavy atom. The molecule has 0 saturated carbocycles. The molecular formula is C8H5Cl2NO3. The Bertz CT molecular complexity index is 392. The fraction of sp³-hybridized carbons (Fsp3) is 0.125. The highest BCUT2D eigenvalue weighted by Gasteiger charge is 2.14. The molecule has 6 heteroatoms. The first kappa shape index (κ1) is 10.9. The molecule has 1 N–H and O–H groups in total. The van der Waals surface area contributed by atoms with Crippen molar-refractivity contribution >= 4 is 35.0 Å². The summed E-state index contributed by atoms with van der Waals surface area (Å²) < 4.78 is 0. The lowest BCUT2D eigenvalue weighted by Crippen LogP contribution is -2.08. The van der Waals surface area contributed by atoms with Crippen molar-refractivity contribution in [1.82, 2.24) is 4.98 Å². The molecule has 0 saturated heterocycles. The van der Waals surface area contributed by atoms with Gasteiger partial charge in [-0.1, -0.05) is 23.2 Å². The third-order valence-corrected chi connectivity index (χ3v) is 1.93. The third kappa shape index (κ3) is 2.68. The van der Waals surface area contributed by atoms with E-state index in [4.69, 9.17) is 28.3 Å². The second-order valence-electron chi connectivity index (χ2n) is 2.47. The van der Waals surface area contributed by atoms with E-state index in [-0.39, 0.29) is 15.9 Å². The van der Waals surface area contributed by atoms with Crippen LogP contribution in [0.25, 0.3) is 0 Å². The highest BCUT2D eigenvalue weighted by molar-refractivity contribution is 6.35. The first-order valence-electron chi connectivity index (χ1n) is 3.57. The fourth-order valence-corrected chi connectivity index (χ4v) is 1.30. The lowest BCUT2D eigenvalue weighted by Gasteiger charge is -2.00. The summed E-state index contributed by atoms with van der Waals surface area (Å²) in [6.07, 6.45) is -0.608. The van der Waals surface area contributed by atoms with Gasteiger partial charge < -0.3 is 5.11 Å². The van der Waals surface area contributed by atoms with E-state index in [1.807, 2.05) is 0 Å². The molecule has 0 atom stereocenters. The van der Waals surface area contributed by atoms with Crippen LogP contribution in [0.15, 0.2) is 12.1 Å². The second kappa shape index (κ2) is 4.39. The zero-order valence-electron chi connectivity index (χ0n) is 6.83. The number of aliphatic carboxylic acids is 1. The maximum absolute atomic E-state index is 11.2. The molecule has 1 rings (SSSR count). The standard InChI is InChI=1S/C8H5Cl2NO3/c9-6-2-1-4(8(10)11-6)5(12)3-7(13)14/h1-2H,3H2,(H,13,14). The molecule has 0 aromatic carbocycles. The van der Waals surface area contributed by atoms with Gasteiger partial charge >= 0.3 is 5.97 Å². The molecule has 0 aliphatic carbocycles. The summed E-state index contributed by atoms with van der Waals surface area (Å²) in [5.41, 5.74) is 0.0680. The summed E-state index contributed by atoms with van der Waals surface area (Å²) in [7, 11) is 0. The maximum Gasteiger partial charge on any atom is 0.311 e. The van der Waals surface area contributed by atoms with Crippen LogP contribution in [0.1, 0.15) is 16.8 Å². The van der Waals surface area contributed by atoms with Crippen LogP contribution in [0.4, 0.5) is 0 Å². The summed E-state index contributed by atoms with van der Waals surface area (Å²) in [6.45, 7) is 0. The van der Waals surface area contributed by atoms with Gasteiger partial charge in [-0.25, -0.2) is 4.98 Å². The van der Waals surface area contributed by atoms with Crippen LogP contribution in [0.5, 0.6) is 0 Å². The van der Waals surface area contributed by atoms with Gasteiger partial charge in [-0.15, -0.1) is 0 Å².